The summed E-state index contributed by atoms with van der Waals surface area (Å²) in [6, 6.07) is 7.61. The third-order valence-corrected chi connectivity index (χ3v) is 3.99. The quantitative estimate of drug-likeness (QED) is 0.709. The monoisotopic (exact) mass is 276 g/mol. The van der Waals surface area contributed by atoms with Gasteiger partial charge in [0.2, 0.25) is 0 Å². The number of methoxy groups -OCH3 is 1. The lowest BCUT2D eigenvalue weighted by molar-refractivity contribution is 0.415. The number of hydrogen-bond acceptors (Lipinski definition) is 4. The van der Waals surface area contributed by atoms with Gasteiger partial charge in [-0.2, -0.15) is 0 Å². The molecule has 0 radical (unpaired) electrons. The van der Waals surface area contributed by atoms with Gasteiger partial charge in [-0.25, -0.2) is 4.98 Å². The van der Waals surface area contributed by atoms with Crippen molar-refractivity contribution < 1.29 is 4.74 Å². The second-order valence-electron chi connectivity index (χ2n) is 3.71. The summed E-state index contributed by atoms with van der Waals surface area (Å²) in [4.78, 5) is 8.65. The van der Waals surface area contributed by atoms with E-state index in [1.807, 2.05) is 18.2 Å². The number of ether oxygens (including phenoxy) is 1. The summed E-state index contributed by atoms with van der Waals surface area (Å²) in [5.74, 6) is 0.802. The highest BCUT2D eigenvalue weighted by atomic mass is 35.5. The molecule has 0 fully saturated rings. The molecule has 0 aliphatic carbocycles. The van der Waals surface area contributed by atoms with Gasteiger partial charge >= 0.3 is 0 Å². The Morgan fingerprint density at radius 3 is 2.94 bits per heavy atom. The Morgan fingerprint density at radius 2 is 2.17 bits per heavy atom. The Kier molecular flexibility index (Phi) is 2.89. The SMILES string of the molecule is COc1ccc2sc(-c3cnccc3Cl)nc2c1. The van der Waals surface area contributed by atoms with Crippen LogP contribution in [0.2, 0.25) is 5.02 Å². The highest BCUT2D eigenvalue weighted by Gasteiger charge is 2.10. The topological polar surface area (TPSA) is 35.0 Å². The summed E-state index contributed by atoms with van der Waals surface area (Å²) in [5, 5.41) is 1.53. The highest BCUT2D eigenvalue weighted by Crippen LogP contribution is 2.34. The number of halogens is 1. The molecule has 1 aromatic carbocycles. The van der Waals surface area contributed by atoms with Crippen molar-refractivity contribution in [2.75, 3.05) is 7.11 Å². The average molecular weight is 277 g/mol. The first-order valence-corrected chi connectivity index (χ1v) is 6.52. The van der Waals surface area contributed by atoms with Crippen LogP contribution in [0.1, 0.15) is 0 Å². The first-order valence-electron chi connectivity index (χ1n) is 5.32. The van der Waals surface area contributed by atoms with Crippen molar-refractivity contribution in [2.24, 2.45) is 0 Å². The molecule has 2 aromatic heterocycles. The maximum absolute atomic E-state index is 6.15. The van der Waals surface area contributed by atoms with Crippen molar-refractivity contribution in [3.8, 4) is 16.3 Å². The Morgan fingerprint density at radius 1 is 1.28 bits per heavy atom. The van der Waals surface area contributed by atoms with Gasteiger partial charge in [0.15, 0.2) is 0 Å². The normalized spacial score (nSPS) is 10.8. The molecule has 18 heavy (non-hydrogen) atoms. The van der Waals surface area contributed by atoms with Gasteiger partial charge in [-0.3, -0.25) is 4.98 Å². The van der Waals surface area contributed by atoms with Crippen LogP contribution in [0.4, 0.5) is 0 Å². The molecule has 0 N–H and O–H groups in total. The predicted octanol–water partition coefficient (Wildman–Crippen LogP) is 4.02. The summed E-state index contributed by atoms with van der Waals surface area (Å²) in [6.07, 6.45) is 3.40. The largest absolute Gasteiger partial charge is 0.497 e. The lowest BCUT2D eigenvalue weighted by atomic mass is 10.3. The zero-order valence-electron chi connectivity index (χ0n) is 9.55. The Bertz CT molecular complexity index is 711. The summed E-state index contributed by atoms with van der Waals surface area (Å²) >= 11 is 7.74. The Balaban J connectivity index is 2.17. The fourth-order valence-electron chi connectivity index (χ4n) is 1.68. The van der Waals surface area contributed by atoms with Crippen LogP contribution in [0, 0.1) is 0 Å². The van der Waals surface area contributed by atoms with Gasteiger partial charge in [0.05, 0.1) is 22.3 Å². The lowest BCUT2D eigenvalue weighted by Crippen LogP contribution is -1.81. The number of rotatable bonds is 2. The highest BCUT2D eigenvalue weighted by molar-refractivity contribution is 7.21. The van der Waals surface area contributed by atoms with Crippen molar-refractivity contribution in [2.45, 2.75) is 0 Å². The molecule has 0 aliphatic heterocycles. The molecule has 3 nitrogen and oxygen atoms in total. The molecule has 0 spiro atoms. The molecule has 5 heteroatoms. The van der Waals surface area contributed by atoms with E-state index in [0.29, 0.717) is 5.02 Å². The third-order valence-electron chi connectivity index (χ3n) is 2.59. The molecule has 0 bridgehead atoms. The van der Waals surface area contributed by atoms with E-state index in [1.165, 1.54) is 0 Å². The van der Waals surface area contributed by atoms with Gasteiger partial charge in [0, 0.05) is 24.0 Å². The third kappa shape index (κ3) is 1.94. The van der Waals surface area contributed by atoms with E-state index in [4.69, 9.17) is 16.3 Å². The molecule has 90 valence electrons. The maximum atomic E-state index is 6.15. The minimum absolute atomic E-state index is 0.663. The minimum atomic E-state index is 0.663. The van der Waals surface area contributed by atoms with E-state index >= 15 is 0 Å². The summed E-state index contributed by atoms with van der Waals surface area (Å²) in [7, 11) is 1.65. The number of aromatic nitrogens is 2. The lowest BCUT2D eigenvalue weighted by Gasteiger charge is -1.97. The van der Waals surface area contributed by atoms with Crippen LogP contribution in [-0.4, -0.2) is 17.1 Å². The first kappa shape index (κ1) is 11.4. The van der Waals surface area contributed by atoms with Crippen LogP contribution in [0.15, 0.2) is 36.7 Å². The van der Waals surface area contributed by atoms with Crippen LogP contribution in [0.25, 0.3) is 20.8 Å². The predicted molar refractivity (Wildman–Crippen MR) is 74.4 cm³/mol. The minimum Gasteiger partial charge on any atom is -0.497 e. The van der Waals surface area contributed by atoms with Gasteiger partial charge in [0.25, 0.3) is 0 Å². The molecule has 3 aromatic rings. The Hall–Kier alpha value is -1.65. The summed E-state index contributed by atoms with van der Waals surface area (Å²) in [6.45, 7) is 0. The van der Waals surface area contributed by atoms with Gasteiger partial charge in [-0.05, 0) is 18.2 Å². The summed E-state index contributed by atoms with van der Waals surface area (Å²) in [5.41, 5.74) is 1.77. The molecule has 0 unspecified atom stereocenters. The van der Waals surface area contributed by atoms with Crippen LogP contribution in [0.3, 0.4) is 0 Å². The van der Waals surface area contributed by atoms with E-state index in [2.05, 4.69) is 9.97 Å². The molecule has 0 amide bonds. The smallest absolute Gasteiger partial charge is 0.127 e. The van der Waals surface area contributed by atoms with Crippen molar-refractivity contribution in [3.05, 3.63) is 41.7 Å². The van der Waals surface area contributed by atoms with E-state index in [9.17, 15) is 0 Å². The second-order valence-corrected chi connectivity index (χ2v) is 5.15. The zero-order chi connectivity index (χ0) is 12.5. The number of hydrogen-bond donors (Lipinski definition) is 0. The summed E-state index contributed by atoms with van der Waals surface area (Å²) < 4.78 is 6.29. The maximum Gasteiger partial charge on any atom is 0.127 e. The van der Waals surface area contributed by atoms with Crippen LogP contribution >= 0.6 is 22.9 Å². The van der Waals surface area contributed by atoms with Crippen molar-refractivity contribution >= 4 is 33.2 Å². The molecule has 0 saturated heterocycles. The van der Waals surface area contributed by atoms with Crippen LogP contribution in [-0.2, 0) is 0 Å². The number of thiazole rings is 1. The molecule has 3 rings (SSSR count). The molecular formula is C13H9ClN2OS. The number of fused-ring (bicyclic) bond motifs is 1. The Labute approximate surface area is 113 Å². The molecule has 2 heterocycles. The average Bonchev–Trinajstić information content (AvgIpc) is 2.81. The van der Waals surface area contributed by atoms with Crippen LogP contribution in [0.5, 0.6) is 5.75 Å². The molecule has 0 saturated carbocycles. The fourth-order valence-corrected chi connectivity index (χ4v) is 2.91. The van der Waals surface area contributed by atoms with Crippen molar-refractivity contribution in [3.63, 3.8) is 0 Å². The fraction of sp³-hybridized carbons (Fsp3) is 0.0769. The van der Waals surface area contributed by atoms with Crippen molar-refractivity contribution in [1.82, 2.24) is 9.97 Å². The molecule has 0 atom stereocenters. The van der Waals surface area contributed by atoms with Gasteiger partial charge in [0.1, 0.15) is 10.8 Å². The first-order chi connectivity index (χ1) is 8.78. The van der Waals surface area contributed by atoms with Gasteiger partial charge < -0.3 is 4.74 Å². The number of nitrogens with zero attached hydrogens (tertiary/aromatic N) is 2. The standard InChI is InChI=1S/C13H9ClN2OS/c1-17-8-2-3-12-11(6-8)16-13(18-12)9-7-15-5-4-10(9)14/h2-7H,1H3. The second kappa shape index (κ2) is 4.55. The van der Waals surface area contributed by atoms with Gasteiger partial charge in [-0.15, -0.1) is 11.3 Å². The van der Waals surface area contributed by atoms with Gasteiger partial charge in [-0.1, -0.05) is 11.6 Å². The number of benzene rings is 1. The molecular weight excluding hydrogens is 268 g/mol. The van der Waals surface area contributed by atoms with E-state index in [0.717, 1.165) is 26.5 Å². The van der Waals surface area contributed by atoms with Crippen LogP contribution < -0.4 is 4.74 Å². The number of pyridine rings is 1. The van der Waals surface area contributed by atoms with E-state index in [1.54, 1.807) is 36.9 Å². The van der Waals surface area contributed by atoms with E-state index < -0.39 is 0 Å². The zero-order valence-corrected chi connectivity index (χ0v) is 11.1. The van der Waals surface area contributed by atoms with E-state index in [-0.39, 0.29) is 0 Å². The molecule has 0 aliphatic rings. The van der Waals surface area contributed by atoms with Crippen molar-refractivity contribution in [1.29, 1.82) is 0 Å².